The summed E-state index contributed by atoms with van der Waals surface area (Å²) >= 11 is 0. The molecule has 2 heterocycles. The van der Waals surface area contributed by atoms with E-state index < -0.39 is 5.60 Å². The Bertz CT molecular complexity index is 280. The molecule has 2 atom stereocenters. The van der Waals surface area contributed by atoms with Gasteiger partial charge in [-0.15, -0.1) is 0 Å². The molecule has 0 aromatic heterocycles. The van der Waals surface area contributed by atoms with Crippen LogP contribution in [-0.4, -0.2) is 41.8 Å². The van der Waals surface area contributed by atoms with Gasteiger partial charge in [-0.25, -0.2) is 4.79 Å². The average molecular weight is 240 g/mol. The Morgan fingerprint density at radius 3 is 2.65 bits per heavy atom. The van der Waals surface area contributed by atoms with Gasteiger partial charge in [-0.05, 0) is 53.0 Å². The molecular weight excluding hydrogens is 216 g/mol. The molecule has 2 fully saturated rings. The minimum Gasteiger partial charge on any atom is -0.444 e. The van der Waals surface area contributed by atoms with E-state index in [0.29, 0.717) is 12.1 Å². The Kier molecular flexibility index (Phi) is 3.61. The molecule has 0 spiro atoms. The van der Waals surface area contributed by atoms with Gasteiger partial charge in [0, 0.05) is 12.6 Å². The summed E-state index contributed by atoms with van der Waals surface area (Å²) in [5, 5.41) is 3.50. The molecular formula is C13H24N2O2. The van der Waals surface area contributed by atoms with Gasteiger partial charge in [0.15, 0.2) is 0 Å². The molecule has 0 aliphatic carbocycles. The van der Waals surface area contributed by atoms with E-state index in [1.165, 1.54) is 12.8 Å². The Hall–Kier alpha value is -0.770. The summed E-state index contributed by atoms with van der Waals surface area (Å²) in [6.07, 6.45) is 4.47. The van der Waals surface area contributed by atoms with E-state index in [-0.39, 0.29) is 6.09 Å². The zero-order valence-corrected chi connectivity index (χ0v) is 11.2. The first kappa shape index (κ1) is 12.7. The molecule has 2 aliphatic heterocycles. The third kappa shape index (κ3) is 3.12. The van der Waals surface area contributed by atoms with Crippen LogP contribution >= 0.6 is 0 Å². The van der Waals surface area contributed by atoms with Gasteiger partial charge in [0.2, 0.25) is 0 Å². The van der Waals surface area contributed by atoms with Gasteiger partial charge in [-0.1, -0.05) is 0 Å². The summed E-state index contributed by atoms with van der Waals surface area (Å²) < 4.78 is 5.47. The molecule has 17 heavy (non-hydrogen) atoms. The number of nitrogens with zero attached hydrogens (tertiary/aromatic N) is 1. The first-order valence-electron chi connectivity index (χ1n) is 6.70. The van der Waals surface area contributed by atoms with Crippen LogP contribution in [-0.2, 0) is 4.74 Å². The van der Waals surface area contributed by atoms with E-state index in [4.69, 9.17) is 4.74 Å². The fourth-order valence-electron chi connectivity index (χ4n) is 2.80. The highest BCUT2D eigenvalue weighted by Crippen LogP contribution is 2.26. The topological polar surface area (TPSA) is 41.6 Å². The van der Waals surface area contributed by atoms with Crippen molar-refractivity contribution in [2.45, 2.75) is 64.1 Å². The number of likely N-dealkylation sites (tertiary alicyclic amines) is 1. The maximum absolute atomic E-state index is 12.1. The van der Waals surface area contributed by atoms with Gasteiger partial charge in [-0.3, -0.25) is 0 Å². The van der Waals surface area contributed by atoms with Crippen molar-refractivity contribution in [3.05, 3.63) is 0 Å². The van der Waals surface area contributed by atoms with Crippen LogP contribution in [0.5, 0.6) is 0 Å². The molecule has 2 aliphatic rings. The van der Waals surface area contributed by atoms with Crippen LogP contribution in [0.2, 0.25) is 0 Å². The van der Waals surface area contributed by atoms with Crippen LogP contribution in [0.1, 0.15) is 46.5 Å². The highest BCUT2D eigenvalue weighted by Gasteiger charge is 2.37. The number of rotatable bonds is 1. The van der Waals surface area contributed by atoms with Gasteiger partial charge in [0.05, 0.1) is 6.04 Å². The monoisotopic (exact) mass is 240 g/mol. The fraction of sp³-hybridized carbons (Fsp3) is 0.923. The lowest BCUT2D eigenvalue weighted by Crippen LogP contribution is -2.48. The van der Waals surface area contributed by atoms with Crippen LogP contribution in [0.3, 0.4) is 0 Å². The lowest BCUT2D eigenvalue weighted by atomic mass is 10.0. The molecule has 0 saturated carbocycles. The third-order valence-electron chi connectivity index (χ3n) is 3.49. The first-order chi connectivity index (χ1) is 7.97. The van der Waals surface area contributed by atoms with Crippen molar-refractivity contribution < 1.29 is 9.53 Å². The van der Waals surface area contributed by atoms with Crippen molar-refractivity contribution in [3.63, 3.8) is 0 Å². The molecule has 1 N–H and O–H groups in total. The Morgan fingerprint density at radius 2 is 2.06 bits per heavy atom. The number of ether oxygens (including phenoxy) is 1. The zero-order chi connectivity index (χ0) is 12.5. The Labute approximate surface area is 104 Å². The molecule has 2 saturated heterocycles. The van der Waals surface area contributed by atoms with Crippen molar-refractivity contribution in [2.75, 3.05) is 13.1 Å². The molecule has 0 bridgehead atoms. The van der Waals surface area contributed by atoms with Crippen LogP contribution in [0, 0.1) is 0 Å². The molecule has 4 nitrogen and oxygen atoms in total. The molecule has 2 rings (SSSR count). The van der Waals surface area contributed by atoms with Crippen LogP contribution in [0.4, 0.5) is 4.79 Å². The highest BCUT2D eigenvalue weighted by atomic mass is 16.6. The minimum atomic E-state index is -0.396. The van der Waals surface area contributed by atoms with Crippen LogP contribution in [0.15, 0.2) is 0 Å². The smallest absolute Gasteiger partial charge is 0.410 e. The lowest BCUT2D eigenvalue weighted by molar-refractivity contribution is 0.0201. The van der Waals surface area contributed by atoms with E-state index in [2.05, 4.69) is 5.32 Å². The van der Waals surface area contributed by atoms with Gasteiger partial charge in [-0.2, -0.15) is 0 Å². The molecule has 0 radical (unpaired) electrons. The number of hydrogen-bond acceptors (Lipinski definition) is 3. The summed E-state index contributed by atoms with van der Waals surface area (Å²) in [5.41, 5.74) is -0.396. The quantitative estimate of drug-likeness (QED) is 0.763. The fourth-order valence-corrected chi connectivity index (χ4v) is 2.80. The van der Waals surface area contributed by atoms with Gasteiger partial charge < -0.3 is 15.0 Å². The second kappa shape index (κ2) is 4.84. The second-order valence-electron chi connectivity index (χ2n) is 6.09. The summed E-state index contributed by atoms with van der Waals surface area (Å²) in [6.45, 7) is 7.69. The molecule has 0 aromatic rings. The predicted octanol–water partition coefficient (Wildman–Crippen LogP) is 2.14. The van der Waals surface area contributed by atoms with Crippen molar-refractivity contribution in [1.29, 1.82) is 0 Å². The lowest BCUT2D eigenvalue weighted by Gasteiger charge is -2.31. The van der Waals surface area contributed by atoms with Gasteiger partial charge >= 0.3 is 6.09 Å². The molecule has 4 heteroatoms. The van der Waals surface area contributed by atoms with E-state index in [9.17, 15) is 4.79 Å². The minimum absolute atomic E-state index is 0.145. The van der Waals surface area contributed by atoms with Crippen molar-refractivity contribution in [2.24, 2.45) is 0 Å². The largest absolute Gasteiger partial charge is 0.444 e. The summed E-state index contributed by atoms with van der Waals surface area (Å²) in [7, 11) is 0. The highest BCUT2D eigenvalue weighted by molar-refractivity contribution is 5.69. The number of amides is 1. The second-order valence-corrected chi connectivity index (χ2v) is 6.09. The average Bonchev–Trinajstić information content (AvgIpc) is 2.85. The maximum Gasteiger partial charge on any atom is 0.410 e. The normalized spacial score (nSPS) is 29.7. The van der Waals surface area contributed by atoms with E-state index in [0.717, 1.165) is 25.9 Å². The number of hydrogen-bond donors (Lipinski definition) is 1. The molecule has 1 amide bonds. The van der Waals surface area contributed by atoms with Crippen LogP contribution < -0.4 is 5.32 Å². The predicted molar refractivity (Wildman–Crippen MR) is 67.0 cm³/mol. The summed E-state index contributed by atoms with van der Waals surface area (Å²) in [6, 6.07) is 0.817. The number of carbonyl (C=O) groups is 1. The number of nitrogens with one attached hydrogen (secondary N) is 1. The van der Waals surface area contributed by atoms with Crippen molar-refractivity contribution >= 4 is 6.09 Å². The van der Waals surface area contributed by atoms with E-state index in [1.807, 2.05) is 25.7 Å². The first-order valence-corrected chi connectivity index (χ1v) is 6.70. The number of carbonyl (C=O) groups excluding carboxylic acids is 1. The van der Waals surface area contributed by atoms with Gasteiger partial charge in [0.25, 0.3) is 0 Å². The van der Waals surface area contributed by atoms with E-state index in [1.54, 1.807) is 0 Å². The maximum atomic E-state index is 12.1. The molecule has 0 aromatic carbocycles. The standard InChI is InChI=1S/C13H24N2O2/c1-13(2,3)17-12(16)15-9-5-7-11(15)10-6-4-8-14-10/h10-11,14H,4-9H2,1-3H3/t10-,11+/m1/s1. The van der Waals surface area contributed by atoms with E-state index >= 15 is 0 Å². The van der Waals surface area contributed by atoms with Gasteiger partial charge in [0.1, 0.15) is 5.60 Å². The zero-order valence-electron chi connectivity index (χ0n) is 11.2. The molecule has 0 unspecified atom stereocenters. The Morgan fingerprint density at radius 1 is 1.29 bits per heavy atom. The van der Waals surface area contributed by atoms with Crippen LogP contribution in [0.25, 0.3) is 0 Å². The summed E-state index contributed by atoms with van der Waals surface area (Å²) in [4.78, 5) is 14.0. The summed E-state index contributed by atoms with van der Waals surface area (Å²) in [5.74, 6) is 0. The Balaban J connectivity index is 1.96. The third-order valence-corrected chi connectivity index (χ3v) is 3.49. The van der Waals surface area contributed by atoms with Crippen molar-refractivity contribution in [3.8, 4) is 0 Å². The SMILES string of the molecule is CC(C)(C)OC(=O)N1CCC[C@H]1[C@H]1CCCN1. The molecule has 98 valence electrons. The van der Waals surface area contributed by atoms with Crippen molar-refractivity contribution in [1.82, 2.24) is 10.2 Å².